The van der Waals surface area contributed by atoms with E-state index in [1.54, 1.807) is 4.88 Å². The van der Waals surface area contributed by atoms with E-state index in [1.165, 1.54) is 30.4 Å². The Labute approximate surface area is 106 Å². The van der Waals surface area contributed by atoms with Crippen molar-refractivity contribution in [2.45, 2.75) is 31.8 Å². The summed E-state index contributed by atoms with van der Waals surface area (Å²) in [4.78, 5) is 5.61. The van der Waals surface area contributed by atoms with Crippen molar-refractivity contribution in [1.29, 1.82) is 0 Å². The van der Waals surface area contributed by atoms with Crippen LogP contribution in [0.25, 0.3) is 0 Å². The first-order valence-electron chi connectivity index (χ1n) is 6.12. The van der Waals surface area contributed by atoms with Gasteiger partial charge in [-0.15, -0.1) is 11.3 Å². The van der Waals surface area contributed by atoms with E-state index in [2.05, 4.69) is 33.9 Å². The minimum absolute atomic E-state index is 0.540. The topological polar surface area (TPSA) is 24.9 Å². The maximum Gasteiger partial charge on any atom is 0.0334 e. The zero-order valence-electron chi connectivity index (χ0n) is 9.73. The highest BCUT2D eigenvalue weighted by atomic mass is 32.1. The minimum atomic E-state index is 0.540. The Hall–Kier alpha value is -1.19. The van der Waals surface area contributed by atoms with E-state index in [0.29, 0.717) is 6.04 Å². The quantitative estimate of drug-likeness (QED) is 0.896. The zero-order valence-corrected chi connectivity index (χ0v) is 10.5. The maximum atomic E-state index is 4.04. The van der Waals surface area contributed by atoms with Gasteiger partial charge in [0.1, 0.15) is 0 Å². The molecule has 17 heavy (non-hydrogen) atoms. The van der Waals surface area contributed by atoms with Gasteiger partial charge in [0, 0.05) is 29.9 Å². The second kappa shape index (κ2) is 4.98. The third-order valence-corrected chi connectivity index (χ3v) is 4.35. The number of pyridine rings is 1. The van der Waals surface area contributed by atoms with Gasteiger partial charge in [-0.2, -0.15) is 0 Å². The van der Waals surface area contributed by atoms with E-state index in [-0.39, 0.29) is 0 Å². The molecule has 1 unspecified atom stereocenters. The van der Waals surface area contributed by atoms with Gasteiger partial charge in [0.05, 0.1) is 0 Å². The molecule has 1 atom stereocenters. The molecule has 1 aliphatic rings. The molecule has 3 rings (SSSR count). The number of thiophene rings is 1. The summed E-state index contributed by atoms with van der Waals surface area (Å²) in [5.41, 5.74) is 2.83. The Morgan fingerprint density at radius 3 is 3.06 bits per heavy atom. The maximum absolute atomic E-state index is 4.04. The summed E-state index contributed by atoms with van der Waals surface area (Å²) in [6, 6.07) is 6.97. The molecular weight excluding hydrogens is 228 g/mol. The third kappa shape index (κ3) is 2.40. The minimum Gasteiger partial charge on any atom is -0.306 e. The molecule has 2 aromatic heterocycles. The summed E-state index contributed by atoms with van der Waals surface area (Å²) in [5.74, 6) is 0. The Balaban J connectivity index is 1.68. The van der Waals surface area contributed by atoms with E-state index in [9.17, 15) is 0 Å². The normalized spacial score (nSPS) is 18.9. The predicted molar refractivity (Wildman–Crippen MR) is 71.1 cm³/mol. The number of aryl methyl sites for hydroxylation is 1. The summed E-state index contributed by atoms with van der Waals surface area (Å²) >= 11 is 1.90. The molecule has 0 bridgehead atoms. The number of nitrogens with zero attached hydrogens (tertiary/aromatic N) is 1. The fourth-order valence-corrected chi connectivity index (χ4v) is 3.43. The average Bonchev–Trinajstić information content (AvgIpc) is 2.86. The molecule has 1 aliphatic carbocycles. The molecule has 0 aliphatic heterocycles. The van der Waals surface area contributed by atoms with E-state index in [4.69, 9.17) is 0 Å². The molecule has 3 heteroatoms. The molecule has 2 heterocycles. The summed E-state index contributed by atoms with van der Waals surface area (Å²) in [6.07, 6.45) is 7.54. The van der Waals surface area contributed by atoms with Gasteiger partial charge in [0.2, 0.25) is 0 Å². The van der Waals surface area contributed by atoms with Crippen LogP contribution < -0.4 is 5.32 Å². The van der Waals surface area contributed by atoms with Crippen molar-refractivity contribution < 1.29 is 0 Å². The van der Waals surface area contributed by atoms with E-state index >= 15 is 0 Å². The van der Waals surface area contributed by atoms with Gasteiger partial charge >= 0.3 is 0 Å². The molecule has 2 nitrogen and oxygen atoms in total. The van der Waals surface area contributed by atoms with Crippen molar-refractivity contribution in [1.82, 2.24) is 10.3 Å². The first-order valence-corrected chi connectivity index (χ1v) is 7.00. The van der Waals surface area contributed by atoms with Crippen LogP contribution in [0, 0.1) is 0 Å². The van der Waals surface area contributed by atoms with Gasteiger partial charge in [-0.3, -0.25) is 4.98 Å². The van der Waals surface area contributed by atoms with Gasteiger partial charge in [0.25, 0.3) is 0 Å². The molecule has 0 saturated heterocycles. The highest BCUT2D eigenvalue weighted by molar-refractivity contribution is 7.10. The largest absolute Gasteiger partial charge is 0.306 e. The van der Waals surface area contributed by atoms with Gasteiger partial charge in [-0.25, -0.2) is 0 Å². The van der Waals surface area contributed by atoms with Crippen molar-refractivity contribution in [3.8, 4) is 0 Å². The van der Waals surface area contributed by atoms with Crippen molar-refractivity contribution in [3.05, 3.63) is 52.0 Å². The number of hydrogen-bond acceptors (Lipinski definition) is 3. The van der Waals surface area contributed by atoms with Crippen LogP contribution in [0.2, 0.25) is 0 Å². The summed E-state index contributed by atoms with van der Waals surface area (Å²) in [7, 11) is 0. The van der Waals surface area contributed by atoms with Crippen LogP contribution in [-0.2, 0) is 13.0 Å². The Morgan fingerprint density at radius 1 is 1.29 bits per heavy atom. The van der Waals surface area contributed by atoms with Crippen molar-refractivity contribution >= 4 is 11.3 Å². The zero-order chi connectivity index (χ0) is 11.5. The third-order valence-electron chi connectivity index (χ3n) is 3.35. The molecule has 0 aromatic carbocycles. The Morgan fingerprint density at radius 2 is 2.18 bits per heavy atom. The lowest BCUT2D eigenvalue weighted by Gasteiger charge is -2.23. The molecular formula is C14H16N2S. The predicted octanol–water partition coefficient (Wildman–Crippen LogP) is 3.31. The van der Waals surface area contributed by atoms with Crippen LogP contribution in [-0.4, -0.2) is 4.98 Å². The highest BCUT2D eigenvalue weighted by Gasteiger charge is 2.20. The van der Waals surface area contributed by atoms with Crippen LogP contribution in [0.15, 0.2) is 36.0 Å². The molecule has 2 aromatic rings. The van der Waals surface area contributed by atoms with E-state index in [1.807, 2.05) is 23.7 Å². The van der Waals surface area contributed by atoms with Crippen molar-refractivity contribution in [2.24, 2.45) is 0 Å². The van der Waals surface area contributed by atoms with E-state index < -0.39 is 0 Å². The van der Waals surface area contributed by atoms with Gasteiger partial charge in [-0.05, 0) is 54.0 Å². The van der Waals surface area contributed by atoms with Crippen LogP contribution in [0.5, 0.6) is 0 Å². The Kier molecular flexibility index (Phi) is 3.20. The molecule has 0 spiro atoms. The van der Waals surface area contributed by atoms with Gasteiger partial charge < -0.3 is 5.32 Å². The number of rotatable bonds is 3. The average molecular weight is 244 g/mol. The molecule has 0 fully saturated rings. The molecule has 0 radical (unpaired) electrons. The first-order chi connectivity index (χ1) is 8.43. The molecule has 0 amide bonds. The fraction of sp³-hybridized carbons (Fsp3) is 0.357. The van der Waals surface area contributed by atoms with Crippen LogP contribution in [0.1, 0.15) is 34.9 Å². The van der Waals surface area contributed by atoms with Crippen molar-refractivity contribution in [3.63, 3.8) is 0 Å². The molecule has 88 valence electrons. The summed E-state index contributed by atoms with van der Waals surface area (Å²) in [6.45, 7) is 0.933. The monoisotopic (exact) mass is 244 g/mol. The standard InChI is InChI=1S/C14H16N2S/c1-2-13(12-6-9-17-14(12)3-1)16-10-11-4-7-15-8-5-11/h4-9,13,16H,1-3,10H2. The number of nitrogens with one attached hydrogen (secondary N) is 1. The summed E-state index contributed by atoms with van der Waals surface area (Å²) in [5, 5.41) is 5.88. The lowest BCUT2D eigenvalue weighted by Crippen LogP contribution is -2.23. The highest BCUT2D eigenvalue weighted by Crippen LogP contribution is 2.33. The summed E-state index contributed by atoms with van der Waals surface area (Å²) < 4.78 is 0. The molecule has 0 saturated carbocycles. The Bertz CT molecular complexity index is 478. The lowest BCUT2D eigenvalue weighted by atomic mass is 9.94. The van der Waals surface area contributed by atoms with Crippen LogP contribution in [0.4, 0.5) is 0 Å². The van der Waals surface area contributed by atoms with Gasteiger partial charge in [-0.1, -0.05) is 0 Å². The number of fused-ring (bicyclic) bond motifs is 1. The smallest absolute Gasteiger partial charge is 0.0334 e. The van der Waals surface area contributed by atoms with Crippen LogP contribution >= 0.6 is 11.3 Å². The van der Waals surface area contributed by atoms with E-state index in [0.717, 1.165) is 6.54 Å². The van der Waals surface area contributed by atoms with Crippen molar-refractivity contribution in [2.75, 3.05) is 0 Å². The second-order valence-electron chi connectivity index (χ2n) is 4.48. The molecule has 1 N–H and O–H groups in total. The SMILES string of the molecule is c1cc(CNC2CCCc3sccc32)ccn1. The fourth-order valence-electron chi connectivity index (χ4n) is 2.44. The second-order valence-corrected chi connectivity index (χ2v) is 5.48. The van der Waals surface area contributed by atoms with Gasteiger partial charge in [0.15, 0.2) is 0 Å². The van der Waals surface area contributed by atoms with Crippen LogP contribution in [0.3, 0.4) is 0 Å². The number of hydrogen-bond donors (Lipinski definition) is 1. The number of aromatic nitrogens is 1. The first kappa shape index (κ1) is 10.9. The lowest BCUT2D eigenvalue weighted by molar-refractivity contribution is 0.463.